The van der Waals surface area contributed by atoms with Crippen molar-refractivity contribution in [1.29, 1.82) is 0 Å². The van der Waals surface area contributed by atoms with E-state index in [0.29, 0.717) is 34.8 Å². The highest BCUT2D eigenvalue weighted by atomic mass is 19.1. The van der Waals surface area contributed by atoms with Gasteiger partial charge in [0.1, 0.15) is 22.7 Å². The molecule has 0 radical (unpaired) electrons. The van der Waals surface area contributed by atoms with Crippen molar-refractivity contribution in [3.8, 4) is 11.5 Å². The van der Waals surface area contributed by atoms with Crippen LogP contribution < -0.4 is 5.69 Å². The zero-order valence-corrected chi connectivity index (χ0v) is 17.4. The van der Waals surface area contributed by atoms with Crippen LogP contribution in [0, 0.1) is 11.7 Å². The molecule has 3 atom stereocenters. The SMILES string of the molecule is CC1(C)CC(n2c(=O)[nH]c3cnc(-c4cnc5ccc(F)cn45)nc32)C2C=CC=NC2O1. The summed E-state index contributed by atoms with van der Waals surface area (Å²) < 4.78 is 23.3. The number of aliphatic imine (C=N–C) groups is 1. The number of ether oxygens (including phenoxy) is 1. The molecule has 0 aliphatic carbocycles. The molecule has 2 aliphatic rings. The fourth-order valence-electron chi connectivity index (χ4n) is 4.68. The molecule has 1 saturated heterocycles. The summed E-state index contributed by atoms with van der Waals surface area (Å²) in [5, 5.41) is 0. The molecule has 0 aromatic carbocycles. The Morgan fingerprint density at radius 3 is 3.00 bits per heavy atom. The Labute approximate surface area is 181 Å². The van der Waals surface area contributed by atoms with Gasteiger partial charge in [-0.15, -0.1) is 0 Å². The molecule has 0 amide bonds. The quantitative estimate of drug-likeness (QED) is 0.524. The van der Waals surface area contributed by atoms with Crippen LogP contribution in [-0.4, -0.2) is 46.9 Å². The number of rotatable bonds is 2. The van der Waals surface area contributed by atoms with Gasteiger partial charge in [-0.1, -0.05) is 6.08 Å². The molecular weight excluding hydrogens is 413 g/mol. The van der Waals surface area contributed by atoms with E-state index in [2.05, 4.69) is 19.9 Å². The predicted octanol–water partition coefficient (Wildman–Crippen LogP) is 2.90. The van der Waals surface area contributed by atoms with Crippen LogP contribution >= 0.6 is 0 Å². The lowest BCUT2D eigenvalue weighted by Gasteiger charge is -2.44. The summed E-state index contributed by atoms with van der Waals surface area (Å²) >= 11 is 0. The minimum absolute atomic E-state index is 0.104. The number of pyridine rings is 1. The average molecular weight is 433 g/mol. The lowest BCUT2D eigenvalue weighted by Crippen LogP contribution is -2.47. The lowest BCUT2D eigenvalue weighted by atomic mass is 9.83. The molecule has 0 spiro atoms. The maximum Gasteiger partial charge on any atom is 0.328 e. The molecular formula is C22H20FN7O2. The van der Waals surface area contributed by atoms with Crippen LogP contribution in [0.4, 0.5) is 4.39 Å². The van der Waals surface area contributed by atoms with Gasteiger partial charge in [-0.3, -0.25) is 14.0 Å². The van der Waals surface area contributed by atoms with Gasteiger partial charge in [0.15, 0.2) is 17.7 Å². The van der Waals surface area contributed by atoms with Crippen molar-refractivity contribution >= 4 is 23.0 Å². The summed E-state index contributed by atoms with van der Waals surface area (Å²) in [7, 11) is 0. The number of nitrogens with one attached hydrogen (secondary N) is 1. The van der Waals surface area contributed by atoms with E-state index in [1.54, 1.807) is 33.6 Å². The monoisotopic (exact) mass is 433 g/mol. The molecule has 4 aromatic heterocycles. The third kappa shape index (κ3) is 2.90. The number of fused-ring (bicyclic) bond motifs is 3. The molecule has 1 fully saturated rings. The summed E-state index contributed by atoms with van der Waals surface area (Å²) in [4.78, 5) is 33.8. The van der Waals surface area contributed by atoms with E-state index in [1.165, 1.54) is 12.3 Å². The number of aromatic amines is 1. The van der Waals surface area contributed by atoms with Gasteiger partial charge in [0.25, 0.3) is 0 Å². The largest absolute Gasteiger partial charge is 0.350 e. The van der Waals surface area contributed by atoms with Gasteiger partial charge < -0.3 is 9.72 Å². The summed E-state index contributed by atoms with van der Waals surface area (Å²) in [5.74, 6) is -0.145. The Morgan fingerprint density at radius 2 is 2.12 bits per heavy atom. The van der Waals surface area contributed by atoms with Crippen LogP contribution in [0.5, 0.6) is 0 Å². The van der Waals surface area contributed by atoms with Gasteiger partial charge in [0.2, 0.25) is 0 Å². The van der Waals surface area contributed by atoms with Crippen LogP contribution in [0.25, 0.3) is 28.3 Å². The number of imidazole rings is 2. The number of hydrogen-bond acceptors (Lipinski definition) is 6. The zero-order chi connectivity index (χ0) is 22.0. The number of hydrogen-bond donors (Lipinski definition) is 1. The zero-order valence-electron chi connectivity index (χ0n) is 17.4. The van der Waals surface area contributed by atoms with Gasteiger partial charge in [-0.05, 0) is 38.5 Å². The highest BCUT2D eigenvalue weighted by Crippen LogP contribution is 2.42. The third-order valence-corrected chi connectivity index (χ3v) is 6.05. The first-order chi connectivity index (χ1) is 15.4. The first kappa shape index (κ1) is 19.1. The van der Waals surface area contributed by atoms with E-state index in [9.17, 15) is 9.18 Å². The van der Waals surface area contributed by atoms with Crippen LogP contribution in [0.3, 0.4) is 0 Å². The summed E-state index contributed by atoms with van der Waals surface area (Å²) in [6.07, 6.45) is 10.4. The molecule has 9 nitrogen and oxygen atoms in total. The number of halogens is 1. The molecule has 3 unspecified atom stereocenters. The number of H-pyrrole nitrogens is 1. The highest BCUT2D eigenvalue weighted by molar-refractivity contribution is 5.74. The van der Waals surface area contributed by atoms with Crippen molar-refractivity contribution in [3.05, 3.63) is 59.2 Å². The number of aromatic nitrogens is 6. The first-order valence-corrected chi connectivity index (χ1v) is 10.4. The molecule has 6 rings (SSSR count). The fourth-order valence-corrected chi connectivity index (χ4v) is 4.68. The van der Waals surface area contributed by atoms with E-state index in [0.717, 1.165) is 0 Å². The standard InChI is InChI=1S/C22H20FN7O2/c1-22(2)8-15(13-4-3-7-24-20(13)32-22)30-19-14(27-21(30)31)9-26-18(28-19)16-10-25-17-6-5-12(23)11-29(16)17/h3-7,9-11,13,15,20H,8H2,1-2H3,(H,27,31). The molecule has 1 N–H and O–H groups in total. The first-order valence-electron chi connectivity index (χ1n) is 10.4. The van der Waals surface area contributed by atoms with E-state index in [1.807, 2.05) is 26.0 Å². The Kier molecular flexibility index (Phi) is 3.97. The Hall–Kier alpha value is -3.66. The van der Waals surface area contributed by atoms with Crippen LogP contribution in [-0.2, 0) is 4.74 Å². The molecule has 4 aromatic rings. The molecule has 6 heterocycles. The Bertz CT molecular complexity index is 1480. The Morgan fingerprint density at radius 1 is 1.25 bits per heavy atom. The highest BCUT2D eigenvalue weighted by Gasteiger charge is 2.43. The van der Waals surface area contributed by atoms with Crippen molar-refractivity contribution in [2.24, 2.45) is 10.9 Å². The van der Waals surface area contributed by atoms with Crippen molar-refractivity contribution in [2.45, 2.75) is 38.1 Å². The second-order valence-corrected chi connectivity index (χ2v) is 8.75. The second kappa shape index (κ2) is 6.67. The maximum atomic E-state index is 13.8. The lowest BCUT2D eigenvalue weighted by molar-refractivity contribution is -0.139. The van der Waals surface area contributed by atoms with Crippen LogP contribution in [0.2, 0.25) is 0 Å². The molecule has 10 heteroatoms. The van der Waals surface area contributed by atoms with Crippen molar-refractivity contribution < 1.29 is 9.13 Å². The fraction of sp³-hybridized carbons (Fsp3) is 0.318. The molecule has 162 valence electrons. The van der Waals surface area contributed by atoms with E-state index >= 15 is 0 Å². The number of nitrogens with zero attached hydrogens (tertiary/aromatic N) is 6. The van der Waals surface area contributed by atoms with Gasteiger partial charge in [0.05, 0.1) is 24.0 Å². The minimum Gasteiger partial charge on any atom is -0.350 e. The van der Waals surface area contributed by atoms with E-state index < -0.39 is 11.4 Å². The smallest absolute Gasteiger partial charge is 0.328 e. The minimum atomic E-state index is -0.466. The summed E-state index contributed by atoms with van der Waals surface area (Å²) in [6, 6.07) is 2.73. The third-order valence-electron chi connectivity index (χ3n) is 6.05. The van der Waals surface area contributed by atoms with Crippen molar-refractivity contribution in [3.63, 3.8) is 0 Å². The van der Waals surface area contributed by atoms with Crippen LogP contribution in [0.15, 0.2) is 52.7 Å². The number of dihydropyridines is 1. The number of allylic oxidation sites excluding steroid dienone is 1. The normalized spacial score (nSPS) is 24.3. The summed E-state index contributed by atoms with van der Waals surface area (Å²) in [6.45, 7) is 3.99. The van der Waals surface area contributed by atoms with Crippen LogP contribution in [0.1, 0.15) is 26.3 Å². The topological polar surface area (TPSA) is 102 Å². The second-order valence-electron chi connectivity index (χ2n) is 8.75. The maximum absolute atomic E-state index is 13.8. The molecule has 2 aliphatic heterocycles. The molecule has 0 saturated carbocycles. The van der Waals surface area contributed by atoms with Crippen molar-refractivity contribution in [2.75, 3.05) is 0 Å². The van der Waals surface area contributed by atoms with Gasteiger partial charge >= 0.3 is 5.69 Å². The van der Waals surface area contributed by atoms with Crippen molar-refractivity contribution in [1.82, 2.24) is 28.9 Å². The van der Waals surface area contributed by atoms with Gasteiger partial charge in [-0.2, -0.15) is 0 Å². The van der Waals surface area contributed by atoms with E-state index in [-0.39, 0.29) is 23.9 Å². The average Bonchev–Trinajstić information content (AvgIpc) is 3.31. The molecule has 0 bridgehead atoms. The predicted molar refractivity (Wildman–Crippen MR) is 116 cm³/mol. The molecule has 32 heavy (non-hydrogen) atoms. The van der Waals surface area contributed by atoms with Gasteiger partial charge in [-0.25, -0.2) is 24.1 Å². The van der Waals surface area contributed by atoms with E-state index in [4.69, 9.17) is 9.72 Å². The Balaban J connectivity index is 1.53. The summed E-state index contributed by atoms with van der Waals surface area (Å²) in [5.41, 5.74) is 1.40. The van der Waals surface area contributed by atoms with Gasteiger partial charge in [0, 0.05) is 18.3 Å².